The summed E-state index contributed by atoms with van der Waals surface area (Å²) in [5.41, 5.74) is 1.71. The van der Waals surface area contributed by atoms with Crippen LogP contribution in [0, 0.1) is 18.3 Å². The van der Waals surface area contributed by atoms with Crippen LogP contribution in [-0.4, -0.2) is 26.7 Å². The molecule has 0 atom stereocenters. The molecule has 6 nitrogen and oxygen atoms in total. The summed E-state index contributed by atoms with van der Waals surface area (Å²) < 4.78 is 16.8. The maximum absolute atomic E-state index is 12.7. The first kappa shape index (κ1) is 22.6. The van der Waals surface area contributed by atoms with Gasteiger partial charge in [-0.3, -0.25) is 4.79 Å². The van der Waals surface area contributed by atoms with Crippen LogP contribution in [0.4, 0.5) is 5.69 Å². The third kappa shape index (κ3) is 5.43. The predicted octanol–water partition coefficient (Wildman–Crippen LogP) is 5.37. The summed E-state index contributed by atoms with van der Waals surface area (Å²) in [5, 5.41) is 12.7. The summed E-state index contributed by atoms with van der Waals surface area (Å²) in [6.07, 6.45) is 1.47. The summed E-state index contributed by atoms with van der Waals surface area (Å²) in [7, 11) is 3.01. The van der Waals surface area contributed by atoms with Gasteiger partial charge in [0.1, 0.15) is 17.4 Å². The molecule has 2 aromatic carbocycles. The number of rotatable bonds is 7. The number of aryl methyl sites for hydroxylation is 1. The zero-order chi connectivity index (χ0) is 21.6. The van der Waals surface area contributed by atoms with Crippen molar-refractivity contribution < 1.29 is 19.0 Å². The molecule has 0 fully saturated rings. The number of nitriles is 1. The highest BCUT2D eigenvalue weighted by Gasteiger charge is 2.16. The zero-order valence-corrected chi connectivity index (χ0v) is 18.8. The van der Waals surface area contributed by atoms with E-state index in [4.69, 9.17) is 25.8 Å². The van der Waals surface area contributed by atoms with Crippen molar-refractivity contribution in [1.82, 2.24) is 0 Å². The van der Waals surface area contributed by atoms with E-state index in [0.717, 1.165) is 5.56 Å². The highest BCUT2D eigenvalue weighted by molar-refractivity contribution is 9.10. The molecule has 29 heavy (non-hydrogen) atoms. The molecule has 0 radical (unpaired) electrons. The van der Waals surface area contributed by atoms with Crippen molar-refractivity contribution in [1.29, 1.82) is 5.26 Å². The summed E-state index contributed by atoms with van der Waals surface area (Å²) in [5.74, 6) is 0.867. The van der Waals surface area contributed by atoms with Gasteiger partial charge in [-0.2, -0.15) is 5.26 Å². The Balaban J connectivity index is 2.39. The molecule has 0 aromatic heterocycles. The van der Waals surface area contributed by atoms with Gasteiger partial charge in [-0.15, -0.1) is 0 Å². The van der Waals surface area contributed by atoms with Crippen molar-refractivity contribution >= 4 is 45.2 Å². The fourth-order valence-corrected chi connectivity index (χ4v) is 3.34. The number of ether oxygens (including phenoxy) is 3. The molecule has 8 heteroatoms. The van der Waals surface area contributed by atoms with Gasteiger partial charge >= 0.3 is 0 Å². The van der Waals surface area contributed by atoms with E-state index in [-0.39, 0.29) is 5.57 Å². The van der Waals surface area contributed by atoms with Crippen molar-refractivity contribution in [3.8, 4) is 23.3 Å². The van der Waals surface area contributed by atoms with E-state index < -0.39 is 5.91 Å². The van der Waals surface area contributed by atoms with Crippen LogP contribution in [0.15, 0.2) is 34.3 Å². The summed E-state index contributed by atoms with van der Waals surface area (Å²) in [6, 6.07) is 8.66. The second-order valence-electron chi connectivity index (χ2n) is 5.89. The van der Waals surface area contributed by atoms with Crippen LogP contribution in [0.25, 0.3) is 6.08 Å². The number of nitrogens with one attached hydrogen (secondary N) is 1. The topological polar surface area (TPSA) is 80.6 Å². The number of carbonyl (C=O) groups excluding carboxylic acids is 1. The highest BCUT2D eigenvalue weighted by Crippen LogP contribution is 2.37. The average molecular weight is 480 g/mol. The molecule has 0 aliphatic heterocycles. The van der Waals surface area contributed by atoms with E-state index in [2.05, 4.69) is 21.2 Å². The lowest BCUT2D eigenvalue weighted by molar-refractivity contribution is -0.112. The molecule has 0 heterocycles. The van der Waals surface area contributed by atoms with Crippen molar-refractivity contribution in [2.24, 2.45) is 0 Å². The SMILES string of the molecule is CCOc1cc(/C=C(\C#N)C(=O)Nc2cc(C)c(Cl)cc2OC)cc(Br)c1OC. The van der Waals surface area contributed by atoms with E-state index in [1.165, 1.54) is 20.3 Å². The number of carbonyl (C=O) groups is 1. The number of hydrogen-bond donors (Lipinski definition) is 1. The van der Waals surface area contributed by atoms with Crippen LogP contribution in [0.3, 0.4) is 0 Å². The highest BCUT2D eigenvalue weighted by atomic mass is 79.9. The molecule has 0 aliphatic rings. The standard InChI is InChI=1S/C21H20BrClN2O4/c1-5-29-19-9-13(8-15(22)20(19)28-4)7-14(11-24)21(26)25-17-6-12(2)16(23)10-18(17)27-3/h6-10H,5H2,1-4H3,(H,25,26)/b14-7+. The molecule has 0 spiro atoms. The van der Waals surface area contributed by atoms with Crippen LogP contribution in [0.5, 0.6) is 17.2 Å². The fourth-order valence-electron chi connectivity index (χ4n) is 2.57. The lowest BCUT2D eigenvalue weighted by Gasteiger charge is -2.13. The lowest BCUT2D eigenvalue weighted by Crippen LogP contribution is -2.14. The summed E-state index contributed by atoms with van der Waals surface area (Å²) in [4.78, 5) is 12.7. The average Bonchev–Trinajstić information content (AvgIpc) is 2.68. The number of nitrogens with zero attached hydrogens (tertiary/aromatic N) is 1. The van der Waals surface area contributed by atoms with E-state index in [0.29, 0.717) is 44.6 Å². The Kier molecular flexibility index (Phi) is 7.94. The first-order valence-electron chi connectivity index (χ1n) is 8.62. The van der Waals surface area contributed by atoms with Crippen molar-refractivity contribution in [3.63, 3.8) is 0 Å². The number of halogens is 2. The smallest absolute Gasteiger partial charge is 0.266 e. The third-order valence-corrected chi connectivity index (χ3v) is 4.94. The van der Waals surface area contributed by atoms with E-state index in [1.54, 1.807) is 24.3 Å². The Bertz CT molecular complexity index is 999. The van der Waals surface area contributed by atoms with Gasteiger partial charge in [0.2, 0.25) is 0 Å². The van der Waals surface area contributed by atoms with Gasteiger partial charge in [0.15, 0.2) is 11.5 Å². The third-order valence-electron chi connectivity index (χ3n) is 3.94. The van der Waals surface area contributed by atoms with Gasteiger partial charge in [-0.05, 0) is 65.2 Å². The summed E-state index contributed by atoms with van der Waals surface area (Å²) in [6.45, 7) is 4.10. The molecule has 1 amide bonds. The van der Waals surface area contributed by atoms with E-state index in [1.807, 2.05) is 19.9 Å². The lowest BCUT2D eigenvalue weighted by atomic mass is 10.1. The van der Waals surface area contributed by atoms with Gasteiger partial charge in [-0.25, -0.2) is 0 Å². The van der Waals surface area contributed by atoms with Crippen molar-refractivity contribution in [3.05, 3.63) is 50.5 Å². The predicted molar refractivity (Wildman–Crippen MR) is 117 cm³/mol. The molecule has 0 unspecified atom stereocenters. The quantitative estimate of drug-likeness (QED) is 0.426. The molecule has 2 rings (SSSR count). The Labute approximate surface area is 183 Å². The largest absolute Gasteiger partial charge is 0.495 e. The number of hydrogen-bond acceptors (Lipinski definition) is 5. The minimum Gasteiger partial charge on any atom is -0.495 e. The normalized spacial score (nSPS) is 10.9. The van der Waals surface area contributed by atoms with Gasteiger partial charge in [0.25, 0.3) is 5.91 Å². The number of amides is 1. The first-order chi connectivity index (χ1) is 13.8. The van der Waals surface area contributed by atoms with Crippen LogP contribution < -0.4 is 19.5 Å². The minimum absolute atomic E-state index is 0.0841. The van der Waals surface area contributed by atoms with Gasteiger partial charge in [-0.1, -0.05) is 11.6 Å². The second kappa shape index (κ2) is 10.2. The van der Waals surface area contributed by atoms with Crippen molar-refractivity contribution in [2.45, 2.75) is 13.8 Å². The van der Waals surface area contributed by atoms with E-state index >= 15 is 0 Å². The Morgan fingerprint density at radius 2 is 1.97 bits per heavy atom. The molecule has 0 saturated heterocycles. The van der Waals surface area contributed by atoms with Crippen LogP contribution in [0.2, 0.25) is 5.02 Å². The Morgan fingerprint density at radius 3 is 2.55 bits per heavy atom. The first-order valence-corrected chi connectivity index (χ1v) is 9.79. The Morgan fingerprint density at radius 1 is 1.24 bits per heavy atom. The maximum atomic E-state index is 12.7. The van der Waals surface area contributed by atoms with Crippen LogP contribution >= 0.6 is 27.5 Å². The van der Waals surface area contributed by atoms with Gasteiger partial charge in [0, 0.05) is 11.1 Å². The molecule has 1 N–H and O–H groups in total. The van der Waals surface area contributed by atoms with Crippen LogP contribution in [-0.2, 0) is 4.79 Å². The molecule has 152 valence electrons. The van der Waals surface area contributed by atoms with Crippen LogP contribution in [0.1, 0.15) is 18.1 Å². The number of benzene rings is 2. The fraction of sp³-hybridized carbons (Fsp3) is 0.238. The Hall–Kier alpha value is -2.69. The van der Waals surface area contributed by atoms with E-state index in [9.17, 15) is 10.1 Å². The summed E-state index contributed by atoms with van der Waals surface area (Å²) >= 11 is 9.51. The zero-order valence-electron chi connectivity index (χ0n) is 16.4. The molecule has 2 aromatic rings. The number of methoxy groups -OCH3 is 2. The second-order valence-corrected chi connectivity index (χ2v) is 7.15. The van der Waals surface area contributed by atoms with Crippen molar-refractivity contribution in [2.75, 3.05) is 26.1 Å². The molecule has 0 saturated carbocycles. The number of anilines is 1. The minimum atomic E-state index is -0.572. The molecule has 0 aliphatic carbocycles. The molecular formula is C21H20BrClN2O4. The molecule has 0 bridgehead atoms. The monoisotopic (exact) mass is 478 g/mol. The van der Waals surface area contributed by atoms with Gasteiger partial charge in [0.05, 0.1) is 31.0 Å². The maximum Gasteiger partial charge on any atom is 0.266 e. The van der Waals surface area contributed by atoms with Gasteiger partial charge < -0.3 is 19.5 Å². The molecular weight excluding hydrogens is 460 g/mol.